The fourth-order valence-electron chi connectivity index (χ4n) is 5.16. The third kappa shape index (κ3) is 3.90. The van der Waals surface area contributed by atoms with Gasteiger partial charge >= 0.3 is 0 Å². The molecule has 1 fully saturated rings. The third-order valence-electron chi connectivity index (χ3n) is 6.80. The average molecular weight is 471 g/mol. The number of fused-ring (bicyclic) bond motifs is 5. The minimum atomic E-state index is -0.176. The highest BCUT2D eigenvalue weighted by Crippen LogP contribution is 2.44. The summed E-state index contributed by atoms with van der Waals surface area (Å²) in [6.45, 7) is 13.0. The summed E-state index contributed by atoms with van der Waals surface area (Å²) in [5.41, 5.74) is 4.81. The van der Waals surface area contributed by atoms with Crippen LogP contribution in [0.1, 0.15) is 70.7 Å². The Balaban J connectivity index is 1.81. The summed E-state index contributed by atoms with van der Waals surface area (Å²) in [5.74, 6) is 1.67. The molecule has 1 atom stereocenters. The van der Waals surface area contributed by atoms with E-state index >= 15 is 0 Å². The number of aromatic nitrogens is 3. The fraction of sp³-hybridized carbons (Fsp3) is 0.640. The molecule has 32 heavy (non-hydrogen) atoms. The van der Waals surface area contributed by atoms with Crippen molar-refractivity contribution < 1.29 is 4.74 Å². The van der Waals surface area contributed by atoms with E-state index in [0.717, 1.165) is 40.7 Å². The lowest BCUT2D eigenvalue weighted by Gasteiger charge is -2.34. The van der Waals surface area contributed by atoms with Crippen molar-refractivity contribution in [1.29, 1.82) is 0 Å². The van der Waals surface area contributed by atoms with Crippen molar-refractivity contribution >= 4 is 49.3 Å². The minimum Gasteiger partial charge on any atom is -0.370 e. The highest BCUT2D eigenvalue weighted by atomic mass is 32.2. The predicted octanol–water partition coefficient (Wildman–Crippen LogP) is 6.39. The number of hydrogen-bond acceptors (Lipinski definition) is 7. The molecule has 0 bridgehead atoms. The molecule has 0 saturated carbocycles. The number of rotatable bonds is 4. The molecule has 5 nitrogen and oxygen atoms in total. The van der Waals surface area contributed by atoms with Gasteiger partial charge in [-0.05, 0) is 64.2 Å². The van der Waals surface area contributed by atoms with Gasteiger partial charge in [-0.1, -0.05) is 25.6 Å². The SMILES string of the molecule is CSc1nc(N2CCCC[C@@H]2C)c2sc3nc(CC(C)C)c4c(c3c2n1)CC(C)(C)OC4. The lowest BCUT2D eigenvalue weighted by Crippen LogP contribution is -2.38. The second kappa shape index (κ2) is 8.41. The molecule has 3 aromatic rings. The number of hydrogen-bond donors (Lipinski definition) is 0. The number of pyridine rings is 1. The molecule has 172 valence electrons. The summed E-state index contributed by atoms with van der Waals surface area (Å²) in [5, 5.41) is 2.10. The van der Waals surface area contributed by atoms with Gasteiger partial charge in [0.25, 0.3) is 0 Å². The van der Waals surface area contributed by atoms with Crippen molar-refractivity contribution in [1.82, 2.24) is 15.0 Å². The van der Waals surface area contributed by atoms with E-state index in [-0.39, 0.29) is 5.60 Å². The van der Waals surface area contributed by atoms with Crippen LogP contribution >= 0.6 is 23.1 Å². The largest absolute Gasteiger partial charge is 0.370 e. The standard InChI is InChI=1S/C25H34N4OS2/c1-14(2)11-18-17-13-30-25(4,5)12-16(17)19-20-21(32-23(19)26-18)22(28-24(27-20)31-6)29-10-8-7-9-15(29)3/h14-15H,7-13H2,1-6H3/t15-/m0/s1. The third-order valence-corrected chi connectivity index (χ3v) is 8.41. The smallest absolute Gasteiger partial charge is 0.189 e. The van der Waals surface area contributed by atoms with Crippen LogP contribution in [0, 0.1) is 5.92 Å². The molecule has 0 N–H and O–H groups in total. The van der Waals surface area contributed by atoms with Gasteiger partial charge < -0.3 is 9.64 Å². The fourth-order valence-corrected chi connectivity index (χ4v) is 6.69. The van der Waals surface area contributed by atoms with Crippen LogP contribution in [-0.2, 0) is 24.2 Å². The Morgan fingerprint density at radius 3 is 2.72 bits per heavy atom. The Morgan fingerprint density at radius 1 is 1.19 bits per heavy atom. The highest BCUT2D eigenvalue weighted by molar-refractivity contribution is 7.98. The lowest BCUT2D eigenvalue weighted by molar-refractivity contribution is -0.0402. The van der Waals surface area contributed by atoms with Crippen LogP contribution in [0.4, 0.5) is 5.82 Å². The van der Waals surface area contributed by atoms with Crippen LogP contribution in [0.25, 0.3) is 20.4 Å². The first-order valence-corrected chi connectivity index (χ1v) is 13.9. The number of thiophene rings is 1. The number of nitrogens with zero attached hydrogens (tertiary/aromatic N) is 4. The van der Waals surface area contributed by atoms with Gasteiger partial charge in [0.2, 0.25) is 0 Å². The lowest BCUT2D eigenvalue weighted by atomic mass is 9.88. The first-order valence-electron chi connectivity index (χ1n) is 11.9. The van der Waals surface area contributed by atoms with Crippen molar-refractivity contribution in [2.45, 2.75) is 90.1 Å². The van der Waals surface area contributed by atoms with E-state index in [0.29, 0.717) is 18.6 Å². The summed E-state index contributed by atoms with van der Waals surface area (Å²) < 4.78 is 7.45. The van der Waals surface area contributed by atoms with Crippen LogP contribution in [-0.4, -0.2) is 39.4 Å². The first kappa shape index (κ1) is 22.4. The Labute approximate surface area is 199 Å². The molecule has 7 heteroatoms. The maximum Gasteiger partial charge on any atom is 0.189 e. The molecule has 0 unspecified atom stereocenters. The zero-order valence-corrected chi connectivity index (χ0v) is 21.8. The highest BCUT2D eigenvalue weighted by Gasteiger charge is 2.33. The van der Waals surface area contributed by atoms with Crippen molar-refractivity contribution in [2.75, 3.05) is 17.7 Å². The van der Waals surface area contributed by atoms with Gasteiger partial charge in [0.1, 0.15) is 4.83 Å². The second-order valence-electron chi connectivity index (χ2n) is 10.4. The Bertz CT molecular complexity index is 1170. The molecule has 0 radical (unpaired) electrons. The number of thioether (sulfide) groups is 1. The summed E-state index contributed by atoms with van der Waals surface area (Å²) in [6.07, 6.45) is 7.71. The quantitative estimate of drug-likeness (QED) is 0.325. The molecule has 1 saturated heterocycles. The van der Waals surface area contributed by atoms with Gasteiger partial charge in [-0.15, -0.1) is 11.3 Å². The minimum absolute atomic E-state index is 0.176. The van der Waals surface area contributed by atoms with Crippen LogP contribution in [0.5, 0.6) is 0 Å². The van der Waals surface area contributed by atoms with Gasteiger partial charge in [-0.3, -0.25) is 0 Å². The van der Waals surface area contributed by atoms with E-state index in [9.17, 15) is 0 Å². The van der Waals surface area contributed by atoms with E-state index in [4.69, 9.17) is 19.7 Å². The molecule has 0 spiro atoms. The summed E-state index contributed by atoms with van der Waals surface area (Å²) in [7, 11) is 0. The van der Waals surface area contributed by atoms with Crippen LogP contribution < -0.4 is 4.90 Å². The molecular weight excluding hydrogens is 436 g/mol. The molecule has 0 amide bonds. The molecule has 3 aromatic heterocycles. The summed E-state index contributed by atoms with van der Waals surface area (Å²) in [4.78, 5) is 18.9. The summed E-state index contributed by atoms with van der Waals surface area (Å²) >= 11 is 3.42. The molecule has 0 aliphatic carbocycles. The molecule has 2 aliphatic rings. The van der Waals surface area contributed by atoms with Gasteiger partial charge in [0, 0.05) is 35.7 Å². The zero-order chi connectivity index (χ0) is 22.6. The normalized spacial score (nSPS) is 21.0. The topological polar surface area (TPSA) is 51.1 Å². The summed E-state index contributed by atoms with van der Waals surface area (Å²) in [6, 6.07) is 0.507. The Hall–Kier alpha value is -1.44. The number of ether oxygens (including phenoxy) is 1. The van der Waals surface area contributed by atoms with E-state index in [1.165, 1.54) is 46.2 Å². The average Bonchev–Trinajstić information content (AvgIpc) is 3.10. The van der Waals surface area contributed by atoms with Gasteiger partial charge in [0.05, 0.1) is 22.4 Å². The molecule has 5 heterocycles. The second-order valence-corrected chi connectivity index (χ2v) is 12.1. The Morgan fingerprint density at radius 2 is 2.00 bits per heavy atom. The molecule has 2 aliphatic heterocycles. The van der Waals surface area contributed by atoms with Crippen LogP contribution in [0.2, 0.25) is 0 Å². The maximum atomic E-state index is 6.25. The van der Waals surface area contributed by atoms with Crippen molar-refractivity contribution in [2.24, 2.45) is 5.92 Å². The van der Waals surface area contributed by atoms with Gasteiger partial charge in [-0.25, -0.2) is 15.0 Å². The van der Waals surface area contributed by atoms with E-state index in [1.54, 1.807) is 23.1 Å². The maximum absolute atomic E-state index is 6.25. The molecular formula is C25H34N4OS2. The van der Waals surface area contributed by atoms with Crippen LogP contribution in [0.15, 0.2) is 5.16 Å². The van der Waals surface area contributed by atoms with E-state index < -0.39 is 0 Å². The predicted molar refractivity (Wildman–Crippen MR) is 136 cm³/mol. The molecule has 5 rings (SSSR count). The van der Waals surface area contributed by atoms with Crippen LogP contribution in [0.3, 0.4) is 0 Å². The van der Waals surface area contributed by atoms with E-state index in [1.807, 2.05) is 0 Å². The monoisotopic (exact) mass is 470 g/mol. The first-order chi connectivity index (χ1) is 15.3. The number of anilines is 1. The zero-order valence-electron chi connectivity index (χ0n) is 20.1. The number of piperidine rings is 1. The van der Waals surface area contributed by atoms with Gasteiger partial charge in [0.15, 0.2) is 11.0 Å². The van der Waals surface area contributed by atoms with Crippen molar-refractivity contribution in [3.8, 4) is 0 Å². The van der Waals surface area contributed by atoms with Crippen molar-refractivity contribution in [3.63, 3.8) is 0 Å². The Kier molecular flexibility index (Phi) is 5.87. The van der Waals surface area contributed by atoms with Crippen molar-refractivity contribution in [3.05, 3.63) is 16.8 Å². The van der Waals surface area contributed by atoms with Gasteiger partial charge in [-0.2, -0.15) is 0 Å². The molecule has 0 aromatic carbocycles. The van der Waals surface area contributed by atoms with E-state index in [2.05, 4.69) is 45.8 Å².